The van der Waals surface area contributed by atoms with Crippen LogP contribution in [0.5, 0.6) is 5.75 Å². The molecule has 0 saturated carbocycles. The van der Waals surface area contributed by atoms with E-state index in [1.54, 1.807) is 24.3 Å². The zero-order chi connectivity index (χ0) is 11.9. The van der Waals surface area contributed by atoms with Crippen LogP contribution in [0.3, 0.4) is 0 Å². The van der Waals surface area contributed by atoms with E-state index in [4.69, 9.17) is 14.2 Å². The van der Waals surface area contributed by atoms with Crippen molar-refractivity contribution in [1.82, 2.24) is 0 Å². The number of carbonyl (C=O) groups excluding carboxylic acids is 1. The summed E-state index contributed by atoms with van der Waals surface area (Å²) >= 11 is 0. The van der Waals surface area contributed by atoms with Crippen LogP contribution in [0.4, 0.5) is 0 Å². The maximum absolute atomic E-state index is 10.5. The summed E-state index contributed by atoms with van der Waals surface area (Å²) in [6, 6.07) is 7.03. The number of benzene rings is 1. The molecule has 1 aliphatic heterocycles. The van der Waals surface area contributed by atoms with Gasteiger partial charge in [-0.25, -0.2) is 0 Å². The largest absolute Gasteiger partial charge is 0.493 e. The fraction of sp³-hybridized carbons (Fsp3) is 0.462. The molecule has 2 rings (SSSR count). The van der Waals surface area contributed by atoms with Gasteiger partial charge < -0.3 is 14.2 Å². The summed E-state index contributed by atoms with van der Waals surface area (Å²) in [7, 11) is 0. The van der Waals surface area contributed by atoms with Crippen LogP contribution in [0.1, 0.15) is 23.2 Å². The van der Waals surface area contributed by atoms with Crippen molar-refractivity contribution in [3.8, 4) is 5.75 Å². The van der Waals surface area contributed by atoms with Gasteiger partial charge in [0.1, 0.15) is 12.0 Å². The third-order valence-corrected chi connectivity index (χ3v) is 2.53. The van der Waals surface area contributed by atoms with Crippen LogP contribution >= 0.6 is 0 Å². The highest BCUT2D eigenvalue weighted by atomic mass is 16.7. The van der Waals surface area contributed by atoms with Gasteiger partial charge in [0.2, 0.25) is 0 Å². The average molecular weight is 236 g/mol. The lowest BCUT2D eigenvalue weighted by atomic mass is 10.2. The minimum absolute atomic E-state index is 0.141. The van der Waals surface area contributed by atoms with Crippen LogP contribution < -0.4 is 4.74 Å². The van der Waals surface area contributed by atoms with Crippen molar-refractivity contribution in [2.24, 2.45) is 0 Å². The summed E-state index contributed by atoms with van der Waals surface area (Å²) in [6.45, 7) is 2.07. The van der Waals surface area contributed by atoms with Crippen LogP contribution in [-0.4, -0.2) is 32.4 Å². The summed E-state index contributed by atoms with van der Waals surface area (Å²) < 4.78 is 16.3. The Hall–Kier alpha value is -1.39. The number of aldehydes is 1. The van der Waals surface area contributed by atoms with Crippen molar-refractivity contribution in [2.45, 2.75) is 19.1 Å². The molecule has 92 valence electrons. The molecule has 0 aliphatic carbocycles. The van der Waals surface area contributed by atoms with Gasteiger partial charge in [0, 0.05) is 12.0 Å². The number of hydrogen-bond acceptors (Lipinski definition) is 4. The first kappa shape index (κ1) is 12.1. The lowest BCUT2D eigenvalue weighted by Gasteiger charge is -2.23. The molecule has 4 nitrogen and oxygen atoms in total. The minimum atomic E-state index is -0.141. The predicted molar refractivity (Wildman–Crippen MR) is 62.3 cm³/mol. The zero-order valence-electron chi connectivity index (χ0n) is 9.63. The van der Waals surface area contributed by atoms with Crippen LogP contribution in [0, 0.1) is 0 Å². The van der Waals surface area contributed by atoms with Gasteiger partial charge >= 0.3 is 0 Å². The molecule has 1 saturated heterocycles. The van der Waals surface area contributed by atoms with Crippen LogP contribution in [0.25, 0.3) is 0 Å². The summed E-state index contributed by atoms with van der Waals surface area (Å²) in [5.74, 6) is 0.756. The number of rotatable bonds is 5. The molecule has 0 atom stereocenters. The molecule has 1 aromatic rings. The molecule has 1 heterocycles. The Labute approximate surface area is 100 Å². The maximum Gasteiger partial charge on any atom is 0.160 e. The summed E-state index contributed by atoms with van der Waals surface area (Å²) in [6.07, 6.45) is 2.35. The Morgan fingerprint density at radius 2 is 1.94 bits per heavy atom. The van der Waals surface area contributed by atoms with Gasteiger partial charge in [-0.05, 0) is 30.7 Å². The van der Waals surface area contributed by atoms with Crippen molar-refractivity contribution >= 4 is 6.29 Å². The quantitative estimate of drug-likeness (QED) is 0.734. The van der Waals surface area contributed by atoms with Gasteiger partial charge in [0.25, 0.3) is 0 Å². The van der Waals surface area contributed by atoms with Gasteiger partial charge in [-0.1, -0.05) is 0 Å². The van der Waals surface area contributed by atoms with E-state index in [2.05, 4.69) is 0 Å². The number of carbonyl (C=O) groups is 1. The molecule has 0 aromatic heterocycles. The summed E-state index contributed by atoms with van der Waals surface area (Å²) in [5, 5.41) is 0. The van der Waals surface area contributed by atoms with E-state index >= 15 is 0 Å². The van der Waals surface area contributed by atoms with Crippen molar-refractivity contribution in [3.63, 3.8) is 0 Å². The van der Waals surface area contributed by atoms with E-state index in [1.165, 1.54) is 0 Å². The summed E-state index contributed by atoms with van der Waals surface area (Å²) in [5.41, 5.74) is 0.649. The van der Waals surface area contributed by atoms with E-state index in [-0.39, 0.29) is 6.29 Å². The topological polar surface area (TPSA) is 44.8 Å². The normalized spacial score (nSPS) is 16.7. The van der Waals surface area contributed by atoms with Gasteiger partial charge in [-0.3, -0.25) is 4.79 Å². The fourth-order valence-electron chi connectivity index (χ4n) is 1.62. The van der Waals surface area contributed by atoms with E-state index in [0.29, 0.717) is 12.2 Å². The molecular weight excluding hydrogens is 220 g/mol. The van der Waals surface area contributed by atoms with E-state index in [0.717, 1.165) is 38.1 Å². The average Bonchev–Trinajstić information content (AvgIpc) is 2.41. The molecule has 1 fully saturated rings. The zero-order valence-corrected chi connectivity index (χ0v) is 9.63. The van der Waals surface area contributed by atoms with Crippen LogP contribution in [0.15, 0.2) is 24.3 Å². The maximum atomic E-state index is 10.5. The first-order chi connectivity index (χ1) is 8.38. The lowest BCUT2D eigenvalue weighted by Crippen LogP contribution is -2.26. The smallest absolute Gasteiger partial charge is 0.160 e. The molecule has 0 N–H and O–H groups in total. The molecule has 1 aromatic carbocycles. The van der Waals surface area contributed by atoms with Crippen molar-refractivity contribution in [2.75, 3.05) is 19.8 Å². The monoisotopic (exact) mass is 236 g/mol. The SMILES string of the molecule is O=Cc1ccc(OCCC2OCCCO2)cc1. The molecular formula is C13H16O4. The van der Waals surface area contributed by atoms with Crippen LogP contribution in [-0.2, 0) is 9.47 Å². The molecule has 0 unspecified atom stereocenters. The standard InChI is InChI=1S/C13H16O4/c14-10-11-2-4-12(5-3-11)15-9-6-13-16-7-1-8-17-13/h2-5,10,13H,1,6-9H2. The second kappa shape index (κ2) is 6.37. The Morgan fingerprint density at radius 1 is 1.24 bits per heavy atom. The molecule has 0 amide bonds. The Morgan fingerprint density at radius 3 is 2.59 bits per heavy atom. The fourth-order valence-corrected chi connectivity index (χ4v) is 1.62. The Bertz CT molecular complexity index is 341. The Kier molecular flexibility index (Phi) is 4.53. The molecule has 0 spiro atoms. The van der Waals surface area contributed by atoms with E-state index < -0.39 is 0 Å². The summed E-state index contributed by atoms with van der Waals surface area (Å²) in [4.78, 5) is 10.5. The molecule has 4 heteroatoms. The molecule has 17 heavy (non-hydrogen) atoms. The van der Waals surface area contributed by atoms with E-state index in [1.807, 2.05) is 0 Å². The lowest BCUT2D eigenvalue weighted by molar-refractivity contribution is -0.183. The highest BCUT2D eigenvalue weighted by Gasteiger charge is 2.13. The first-order valence-electron chi connectivity index (χ1n) is 5.80. The second-order valence-electron chi connectivity index (χ2n) is 3.85. The van der Waals surface area contributed by atoms with Gasteiger partial charge in [0.15, 0.2) is 6.29 Å². The number of ether oxygens (including phenoxy) is 3. The third-order valence-electron chi connectivity index (χ3n) is 2.53. The number of hydrogen-bond donors (Lipinski definition) is 0. The minimum Gasteiger partial charge on any atom is -0.493 e. The van der Waals surface area contributed by atoms with Gasteiger partial charge in [-0.2, -0.15) is 0 Å². The van der Waals surface area contributed by atoms with Crippen LogP contribution in [0.2, 0.25) is 0 Å². The van der Waals surface area contributed by atoms with E-state index in [9.17, 15) is 4.79 Å². The van der Waals surface area contributed by atoms with Crippen molar-refractivity contribution in [3.05, 3.63) is 29.8 Å². The van der Waals surface area contributed by atoms with Crippen molar-refractivity contribution in [1.29, 1.82) is 0 Å². The highest BCUT2D eigenvalue weighted by Crippen LogP contribution is 2.13. The first-order valence-corrected chi connectivity index (χ1v) is 5.80. The Balaban J connectivity index is 1.71. The van der Waals surface area contributed by atoms with Gasteiger partial charge in [0.05, 0.1) is 19.8 Å². The molecule has 1 aliphatic rings. The second-order valence-corrected chi connectivity index (χ2v) is 3.85. The third kappa shape index (κ3) is 3.84. The van der Waals surface area contributed by atoms with Gasteiger partial charge in [-0.15, -0.1) is 0 Å². The molecule has 0 bridgehead atoms. The predicted octanol–water partition coefficient (Wildman–Crippen LogP) is 2.03. The van der Waals surface area contributed by atoms with Crippen molar-refractivity contribution < 1.29 is 19.0 Å². The highest BCUT2D eigenvalue weighted by molar-refractivity contribution is 5.74. The molecule has 0 radical (unpaired) electrons.